The largest absolute Gasteiger partial charge is 0.338 e. The van der Waals surface area contributed by atoms with E-state index in [1.807, 2.05) is 49.2 Å². The number of carbonyl (C=O) groups excluding carboxylic acids is 1. The van der Waals surface area contributed by atoms with Gasteiger partial charge in [-0.15, -0.1) is 11.8 Å². The van der Waals surface area contributed by atoms with Crippen molar-refractivity contribution in [1.82, 2.24) is 14.9 Å². The van der Waals surface area contributed by atoms with E-state index in [0.29, 0.717) is 11.4 Å². The fourth-order valence-corrected chi connectivity index (χ4v) is 3.23. The highest BCUT2D eigenvalue weighted by Crippen LogP contribution is 2.23. The molecule has 4 nitrogen and oxygen atoms in total. The van der Waals surface area contributed by atoms with E-state index >= 15 is 0 Å². The Morgan fingerprint density at radius 3 is 2.58 bits per heavy atom. The molecule has 1 atom stereocenters. The molecule has 1 N–H and O–H groups in total. The van der Waals surface area contributed by atoms with Crippen LogP contribution in [0.5, 0.6) is 0 Å². The van der Waals surface area contributed by atoms with Crippen molar-refractivity contribution in [2.45, 2.75) is 17.9 Å². The van der Waals surface area contributed by atoms with Gasteiger partial charge in [-0.25, -0.2) is 9.37 Å². The van der Waals surface area contributed by atoms with E-state index < -0.39 is 6.04 Å². The molecule has 0 aliphatic heterocycles. The number of hydrogen-bond donors (Lipinski definition) is 1. The normalized spacial score (nSPS) is 12.0. The molecule has 1 heterocycles. The summed E-state index contributed by atoms with van der Waals surface area (Å²) < 4.78 is 15.2. The number of rotatable bonds is 5. The van der Waals surface area contributed by atoms with Crippen LogP contribution in [-0.4, -0.2) is 21.7 Å². The Morgan fingerprint density at radius 1 is 1.23 bits per heavy atom. The smallest absolute Gasteiger partial charge is 0.252 e. The minimum absolute atomic E-state index is 0.185. The molecule has 0 aliphatic carbocycles. The number of imidazole rings is 1. The maximum atomic E-state index is 13.3. The van der Waals surface area contributed by atoms with Crippen molar-refractivity contribution in [3.8, 4) is 0 Å². The van der Waals surface area contributed by atoms with Crippen molar-refractivity contribution < 1.29 is 9.18 Å². The summed E-state index contributed by atoms with van der Waals surface area (Å²) in [5.74, 6) is 0.182. The lowest BCUT2D eigenvalue weighted by Gasteiger charge is -2.20. The third-order valence-electron chi connectivity index (χ3n) is 4.28. The average molecular weight is 369 g/mol. The number of nitrogens with zero attached hydrogens (tertiary/aromatic N) is 2. The summed E-state index contributed by atoms with van der Waals surface area (Å²) in [6.07, 6.45) is 5.47. The average Bonchev–Trinajstić information content (AvgIpc) is 3.06. The molecule has 0 radical (unpaired) electrons. The van der Waals surface area contributed by atoms with Crippen molar-refractivity contribution in [2.24, 2.45) is 7.05 Å². The first-order valence-electron chi connectivity index (χ1n) is 8.18. The van der Waals surface area contributed by atoms with E-state index in [0.717, 1.165) is 16.0 Å². The third kappa shape index (κ3) is 3.80. The van der Waals surface area contributed by atoms with Crippen LogP contribution in [0, 0.1) is 12.7 Å². The summed E-state index contributed by atoms with van der Waals surface area (Å²) in [6.45, 7) is 1.91. The number of carbonyl (C=O) groups is 1. The molecule has 0 fully saturated rings. The summed E-state index contributed by atoms with van der Waals surface area (Å²) in [4.78, 5) is 18.4. The minimum Gasteiger partial charge on any atom is -0.338 e. The number of halogens is 1. The van der Waals surface area contributed by atoms with Crippen molar-refractivity contribution in [1.29, 1.82) is 0 Å². The van der Waals surface area contributed by atoms with Crippen LogP contribution in [-0.2, 0) is 7.05 Å². The molecule has 0 saturated carbocycles. The van der Waals surface area contributed by atoms with Gasteiger partial charge in [-0.3, -0.25) is 4.79 Å². The number of thioether (sulfide) groups is 1. The van der Waals surface area contributed by atoms with Crippen LogP contribution in [0.15, 0.2) is 59.8 Å². The molecule has 0 aliphatic rings. The van der Waals surface area contributed by atoms with Crippen molar-refractivity contribution in [2.75, 3.05) is 6.26 Å². The molecule has 0 bridgehead atoms. The van der Waals surface area contributed by atoms with Gasteiger partial charge in [0.15, 0.2) is 0 Å². The fourth-order valence-electron chi connectivity index (χ4n) is 2.79. The summed E-state index contributed by atoms with van der Waals surface area (Å²) in [7, 11) is 1.87. The molecule has 1 aromatic heterocycles. The number of aromatic nitrogens is 2. The first-order chi connectivity index (χ1) is 12.5. The summed E-state index contributed by atoms with van der Waals surface area (Å²) >= 11 is 1.59. The molecule has 26 heavy (non-hydrogen) atoms. The molecule has 134 valence electrons. The lowest BCUT2D eigenvalue weighted by Crippen LogP contribution is -2.31. The predicted octanol–water partition coefficient (Wildman–Crippen LogP) is 4.11. The van der Waals surface area contributed by atoms with Gasteiger partial charge in [-0.05, 0) is 48.6 Å². The topological polar surface area (TPSA) is 46.9 Å². The molecule has 1 unspecified atom stereocenters. The monoisotopic (exact) mass is 369 g/mol. The standard InChI is InChI=1S/C20H20FN3OS/c1-13-4-9-16(26-3)12-17(13)20(25)23-18(19-22-10-11-24(19)2)14-5-7-15(21)8-6-14/h4-12,18H,1-3H3,(H,23,25). The van der Waals surface area contributed by atoms with Gasteiger partial charge in [0.05, 0.1) is 0 Å². The van der Waals surface area contributed by atoms with Gasteiger partial charge in [-0.2, -0.15) is 0 Å². The van der Waals surface area contributed by atoms with Crippen LogP contribution >= 0.6 is 11.8 Å². The summed E-state index contributed by atoms with van der Waals surface area (Å²) in [5.41, 5.74) is 2.30. The molecule has 0 saturated heterocycles. The lowest BCUT2D eigenvalue weighted by molar-refractivity contribution is 0.0940. The van der Waals surface area contributed by atoms with Gasteiger partial charge in [-0.1, -0.05) is 18.2 Å². The molecule has 3 aromatic rings. The van der Waals surface area contributed by atoms with Crippen LogP contribution in [0.1, 0.15) is 33.4 Å². The molecule has 6 heteroatoms. The summed E-state index contributed by atoms with van der Waals surface area (Å²) in [5, 5.41) is 3.05. The van der Waals surface area contributed by atoms with Crippen LogP contribution in [0.4, 0.5) is 4.39 Å². The lowest BCUT2D eigenvalue weighted by atomic mass is 10.0. The van der Waals surface area contributed by atoms with Crippen molar-refractivity contribution >= 4 is 17.7 Å². The molecule has 2 aromatic carbocycles. The molecule has 0 spiro atoms. The molecule has 1 amide bonds. The second kappa shape index (κ2) is 7.74. The van der Waals surface area contributed by atoms with Gasteiger partial charge >= 0.3 is 0 Å². The molecular formula is C20H20FN3OS. The first kappa shape index (κ1) is 18.2. The highest BCUT2D eigenvalue weighted by atomic mass is 32.2. The SMILES string of the molecule is CSc1ccc(C)c(C(=O)NC(c2ccc(F)cc2)c2nccn2C)c1. The van der Waals surface area contributed by atoms with E-state index in [1.165, 1.54) is 12.1 Å². The third-order valence-corrected chi connectivity index (χ3v) is 5.01. The number of aryl methyl sites for hydroxylation is 2. The number of benzene rings is 2. The zero-order valence-electron chi connectivity index (χ0n) is 14.9. The van der Waals surface area contributed by atoms with Crippen molar-refractivity contribution in [3.63, 3.8) is 0 Å². The Balaban J connectivity index is 1.97. The Morgan fingerprint density at radius 2 is 1.96 bits per heavy atom. The minimum atomic E-state index is -0.472. The second-order valence-corrected chi connectivity index (χ2v) is 6.91. The zero-order chi connectivity index (χ0) is 18.7. The van der Waals surface area contributed by atoms with Gasteiger partial charge in [0.2, 0.25) is 0 Å². The van der Waals surface area contributed by atoms with Gasteiger partial charge in [0.25, 0.3) is 5.91 Å². The van der Waals surface area contributed by atoms with Crippen LogP contribution in [0.25, 0.3) is 0 Å². The number of hydrogen-bond acceptors (Lipinski definition) is 3. The Kier molecular flexibility index (Phi) is 5.42. The second-order valence-electron chi connectivity index (χ2n) is 6.04. The van der Waals surface area contributed by atoms with Crippen LogP contribution in [0.3, 0.4) is 0 Å². The highest BCUT2D eigenvalue weighted by molar-refractivity contribution is 7.98. The Bertz CT molecular complexity index is 921. The predicted molar refractivity (Wildman–Crippen MR) is 102 cm³/mol. The fraction of sp³-hybridized carbons (Fsp3) is 0.200. The van der Waals surface area contributed by atoms with E-state index in [4.69, 9.17) is 0 Å². The van der Waals surface area contributed by atoms with Gasteiger partial charge in [0, 0.05) is 29.9 Å². The van der Waals surface area contributed by atoms with E-state index in [1.54, 1.807) is 30.1 Å². The number of amides is 1. The molecule has 3 rings (SSSR count). The Labute approximate surface area is 156 Å². The van der Waals surface area contributed by atoms with Crippen molar-refractivity contribution in [3.05, 3.63) is 83.2 Å². The Hall–Kier alpha value is -2.60. The van der Waals surface area contributed by atoms with Gasteiger partial charge < -0.3 is 9.88 Å². The van der Waals surface area contributed by atoms with E-state index in [-0.39, 0.29) is 11.7 Å². The number of nitrogens with one attached hydrogen (secondary N) is 1. The maximum Gasteiger partial charge on any atom is 0.252 e. The van der Waals surface area contributed by atoms with Gasteiger partial charge in [0.1, 0.15) is 17.7 Å². The molecular weight excluding hydrogens is 349 g/mol. The van der Waals surface area contributed by atoms with Crippen LogP contribution < -0.4 is 5.32 Å². The van der Waals surface area contributed by atoms with Crippen LogP contribution in [0.2, 0.25) is 0 Å². The first-order valence-corrected chi connectivity index (χ1v) is 9.40. The van der Waals surface area contributed by atoms with E-state index in [9.17, 15) is 9.18 Å². The highest BCUT2D eigenvalue weighted by Gasteiger charge is 2.22. The maximum absolute atomic E-state index is 13.3. The summed E-state index contributed by atoms with van der Waals surface area (Å²) in [6, 6.07) is 11.5. The quantitative estimate of drug-likeness (QED) is 0.689. The zero-order valence-corrected chi connectivity index (χ0v) is 15.7. The van der Waals surface area contributed by atoms with E-state index in [2.05, 4.69) is 10.3 Å².